The third-order valence-electron chi connectivity index (χ3n) is 2.86. The van der Waals surface area contributed by atoms with E-state index in [0.29, 0.717) is 5.76 Å². The van der Waals surface area contributed by atoms with E-state index in [0.717, 1.165) is 12.1 Å². The monoisotopic (exact) mass is 296 g/mol. The molecule has 0 saturated carbocycles. The number of hydrogen-bond donors (Lipinski definition) is 2. The molecule has 0 unspecified atom stereocenters. The number of halogens is 3. The SMILES string of the molecule is N#Cc1cc(N[C@H](CO)c2ccco2)ccc1C(F)(F)F. The van der Waals surface area contributed by atoms with E-state index < -0.39 is 23.3 Å². The molecule has 21 heavy (non-hydrogen) atoms. The molecule has 7 heteroatoms. The van der Waals surface area contributed by atoms with Gasteiger partial charge in [0.05, 0.1) is 30.1 Å². The Morgan fingerprint density at radius 3 is 2.62 bits per heavy atom. The number of nitrogens with zero attached hydrogens (tertiary/aromatic N) is 1. The Labute approximate surface area is 118 Å². The molecular formula is C14H11F3N2O2. The fourth-order valence-corrected chi connectivity index (χ4v) is 1.87. The van der Waals surface area contributed by atoms with Crippen molar-refractivity contribution in [3.63, 3.8) is 0 Å². The molecule has 2 N–H and O–H groups in total. The molecule has 0 aliphatic heterocycles. The second-order valence-corrected chi connectivity index (χ2v) is 4.26. The molecule has 0 fully saturated rings. The van der Waals surface area contributed by atoms with E-state index in [9.17, 15) is 18.3 Å². The first-order valence-corrected chi connectivity index (χ1v) is 5.98. The fraction of sp³-hybridized carbons (Fsp3) is 0.214. The maximum absolute atomic E-state index is 12.7. The number of nitrogens with one attached hydrogen (secondary N) is 1. The van der Waals surface area contributed by atoms with Gasteiger partial charge in [-0.25, -0.2) is 0 Å². The van der Waals surface area contributed by atoms with Gasteiger partial charge in [-0.1, -0.05) is 0 Å². The minimum Gasteiger partial charge on any atom is -0.467 e. The molecule has 2 aromatic rings. The molecule has 2 rings (SSSR count). The zero-order valence-corrected chi connectivity index (χ0v) is 10.7. The molecule has 110 valence electrons. The lowest BCUT2D eigenvalue weighted by atomic mass is 10.1. The molecule has 4 nitrogen and oxygen atoms in total. The Morgan fingerprint density at radius 2 is 2.10 bits per heavy atom. The van der Waals surface area contributed by atoms with Crippen LogP contribution in [0.2, 0.25) is 0 Å². The van der Waals surface area contributed by atoms with Crippen LogP contribution in [0.5, 0.6) is 0 Å². The van der Waals surface area contributed by atoms with Crippen molar-refractivity contribution in [3.8, 4) is 6.07 Å². The van der Waals surface area contributed by atoms with E-state index in [2.05, 4.69) is 5.32 Å². The predicted octanol–water partition coefficient (Wildman–Crippen LogP) is 3.32. The average molecular weight is 296 g/mol. The summed E-state index contributed by atoms with van der Waals surface area (Å²) in [6.45, 7) is -0.309. The highest BCUT2D eigenvalue weighted by molar-refractivity contribution is 5.54. The maximum atomic E-state index is 12.7. The zero-order chi connectivity index (χ0) is 15.5. The van der Waals surface area contributed by atoms with Gasteiger partial charge >= 0.3 is 6.18 Å². The van der Waals surface area contributed by atoms with E-state index in [1.54, 1.807) is 12.1 Å². The lowest BCUT2D eigenvalue weighted by Crippen LogP contribution is -2.15. The van der Waals surface area contributed by atoms with Crippen molar-refractivity contribution < 1.29 is 22.7 Å². The lowest BCUT2D eigenvalue weighted by Gasteiger charge is -2.16. The van der Waals surface area contributed by atoms with Crippen molar-refractivity contribution in [3.05, 3.63) is 53.5 Å². The van der Waals surface area contributed by atoms with E-state index >= 15 is 0 Å². The number of aliphatic hydroxyl groups excluding tert-OH is 1. The van der Waals surface area contributed by atoms with Crippen molar-refractivity contribution in [2.45, 2.75) is 12.2 Å². The number of hydrogen-bond acceptors (Lipinski definition) is 4. The van der Waals surface area contributed by atoms with Crippen LogP contribution in [0.25, 0.3) is 0 Å². The zero-order valence-electron chi connectivity index (χ0n) is 10.7. The Kier molecular flexibility index (Phi) is 4.19. The van der Waals surface area contributed by atoms with Crippen LogP contribution in [0.15, 0.2) is 41.0 Å². The Hall–Kier alpha value is -2.46. The highest BCUT2D eigenvalue weighted by atomic mass is 19.4. The first-order chi connectivity index (χ1) is 9.95. The summed E-state index contributed by atoms with van der Waals surface area (Å²) in [5, 5.41) is 21.0. The molecular weight excluding hydrogens is 285 g/mol. The van der Waals surface area contributed by atoms with Crippen LogP contribution in [0.1, 0.15) is 22.9 Å². The number of nitriles is 1. The molecule has 1 heterocycles. The van der Waals surface area contributed by atoms with Gasteiger partial charge in [0.15, 0.2) is 0 Å². The standard InChI is InChI=1S/C14H11F3N2O2/c15-14(16,17)11-4-3-10(6-9(11)7-18)19-12(8-20)13-2-1-5-21-13/h1-6,12,19-20H,8H2/t12-/m1/s1. The minimum absolute atomic E-state index is 0.287. The molecule has 0 spiro atoms. The summed E-state index contributed by atoms with van der Waals surface area (Å²) in [7, 11) is 0. The van der Waals surface area contributed by atoms with E-state index in [4.69, 9.17) is 9.68 Å². The largest absolute Gasteiger partial charge is 0.467 e. The number of furan rings is 1. The van der Waals surface area contributed by atoms with Crippen molar-refractivity contribution >= 4 is 5.69 Å². The van der Waals surface area contributed by atoms with Crippen molar-refractivity contribution in [1.82, 2.24) is 0 Å². The summed E-state index contributed by atoms with van der Waals surface area (Å²) < 4.78 is 43.2. The smallest absolute Gasteiger partial charge is 0.417 e. The summed E-state index contributed by atoms with van der Waals surface area (Å²) in [6.07, 6.45) is -3.16. The van der Waals surface area contributed by atoms with Gasteiger partial charge in [-0.15, -0.1) is 0 Å². The van der Waals surface area contributed by atoms with Gasteiger partial charge in [0.25, 0.3) is 0 Å². The summed E-state index contributed by atoms with van der Waals surface area (Å²) in [4.78, 5) is 0. The number of aliphatic hydroxyl groups is 1. The van der Waals surface area contributed by atoms with Crippen LogP contribution in [0.4, 0.5) is 18.9 Å². The third kappa shape index (κ3) is 3.35. The van der Waals surface area contributed by atoms with Crippen LogP contribution < -0.4 is 5.32 Å². The molecule has 0 bridgehead atoms. The quantitative estimate of drug-likeness (QED) is 0.908. The van der Waals surface area contributed by atoms with Gasteiger partial charge < -0.3 is 14.8 Å². The van der Waals surface area contributed by atoms with Gasteiger partial charge in [-0.05, 0) is 30.3 Å². The number of anilines is 1. The van der Waals surface area contributed by atoms with Crippen molar-refractivity contribution in [2.24, 2.45) is 0 Å². The van der Waals surface area contributed by atoms with Crippen LogP contribution in [0, 0.1) is 11.3 Å². The van der Waals surface area contributed by atoms with Gasteiger partial charge in [0.2, 0.25) is 0 Å². The molecule has 1 aromatic carbocycles. The van der Waals surface area contributed by atoms with Gasteiger partial charge in [0, 0.05) is 5.69 Å². The second kappa shape index (κ2) is 5.89. The number of alkyl halides is 3. The van der Waals surface area contributed by atoms with E-state index in [1.807, 2.05) is 0 Å². The molecule has 1 aromatic heterocycles. The molecule has 0 aliphatic carbocycles. The molecule has 1 atom stereocenters. The molecule has 0 aliphatic rings. The first kappa shape index (κ1) is 14.9. The number of benzene rings is 1. The fourth-order valence-electron chi connectivity index (χ4n) is 1.87. The Morgan fingerprint density at radius 1 is 1.33 bits per heavy atom. The Bertz CT molecular complexity index is 645. The summed E-state index contributed by atoms with van der Waals surface area (Å²) in [6, 6.07) is 7.30. The topological polar surface area (TPSA) is 69.2 Å². The van der Waals surface area contributed by atoms with Crippen molar-refractivity contribution in [2.75, 3.05) is 11.9 Å². The Balaban J connectivity index is 2.28. The van der Waals surface area contributed by atoms with Crippen LogP contribution in [-0.2, 0) is 6.18 Å². The molecule has 0 radical (unpaired) electrons. The van der Waals surface area contributed by atoms with Crippen LogP contribution in [0.3, 0.4) is 0 Å². The van der Waals surface area contributed by atoms with Gasteiger partial charge in [-0.2, -0.15) is 18.4 Å². The van der Waals surface area contributed by atoms with Crippen molar-refractivity contribution in [1.29, 1.82) is 5.26 Å². The summed E-state index contributed by atoms with van der Waals surface area (Å²) in [5.41, 5.74) is -1.19. The second-order valence-electron chi connectivity index (χ2n) is 4.26. The van der Waals surface area contributed by atoms with Crippen LogP contribution in [-0.4, -0.2) is 11.7 Å². The van der Waals surface area contributed by atoms with E-state index in [1.165, 1.54) is 18.4 Å². The highest BCUT2D eigenvalue weighted by Crippen LogP contribution is 2.33. The molecule has 0 saturated heterocycles. The minimum atomic E-state index is -4.58. The predicted molar refractivity (Wildman–Crippen MR) is 68.3 cm³/mol. The summed E-state index contributed by atoms with van der Waals surface area (Å²) in [5.74, 6) is 0.441. The van der Waals surface area contributed by atoms with Gasteiger partial charge in [0.1, 0.15) is 11.8 Å². The van der Waals surface area contributed by atoms with E-state index in [-0.39, 0.29) is 12.3 Å². The first-order valence-electron chi connectivity index (χ1n) is 5.98. The van der Waals surface area contributed by atoms with Gasteiger partial charge in [-0.3, -0.25) is 0 Å². The average Bonchev–Trinajstić information content (AvgIpc) is 2.97. The van der Waals surface area contributed by atoms with Crippen LogP contribution >= 0.6 is 0 Å². The normalized spacial score (nSPS) is 12.7. The number of rotatable bonds is 4. The maximum Gasteiger partial charge on any atom is 0.417 e. The molecule has 0 amide bonds. The highest BCUT2D eigenvalue weighted by Gasteiger charge is 2.33. The third-order valence-corrected chi connectivity index (χ3v) is 2.86. The lowest BCUT2D eigenvalue weighted by molar-refractivity contribution is -0.137. The summed E-state index contributed by atoms with van der Waals surface area (Å²) >= 11 is 0.